The maximum absolute atomic E-state index is 12.9. The molecule has 1 unspecified atom stereocenters. The van der Waals surface area contributed by atoms with Crippen molar-refractivity contribution in [3.05, 3.63) is 41.8 Å². The van der Waals surface area contributed by atoms with Crippen LogP contribution < -0.4 is 10.5 Å². The zero-order valence-corrected chi connectivity index (χ0v) is 11.4. The molecule has 0 saturated heterocycles. The van der Waals surface area contributed by atoms with Gasteiger partial charge in [0, 0.05) is 12.1 Å². The van der Waals surface area contributed by atoms with E-state index in [-0.39, 0.29) is 11.9 Å². The molecule has 1 aromatic heterocycles. The quantitative estimate of drug-likeness (QED) is 0.920. The van der Waals surface area contributed by atoms with Gasteiger partial charge in [0.05, 0.1) is 5.69 Å². The second kappa shape index (κ2) is 5.66. The van der Waals surface area contributed by atoms with Gasteiger partial charge in [0.25, 0.3) is 0 Å². The summed E-state index contributed by atoms with van der Waals surface area (Å²) in [5.74, 6) is 0.563. The summed E-state index contributed by atoms with van der Waals surface area (Å²) >= 11 is 0. The Morgan fingerprint density at radius 1 is 1.40 bits per heavy atom. The van der Waals surface area contributed by atoms with Gasteiger partial charge >= 0.3 is 0 Å². The summed E-state index contributed by atoms with van der Waals surface area (Å²) in [6.45, 7) is 4.00. The van der Waals surface area contributed by atoms with E-state index in [9.17, 15) is 9.65 Å². The van der Waals surface area contributed by atoms with Crippen LogP contribution in [0.25, 0.3) is 0 Å². The third kappa shape index (κ3) is 2.59. The molecule has 20 heavy (non-hydrogen) atoms. The first-order valence-electron chi connectivity index (χ1n) is 6.41. The number of aromatic nitrogens is 1. The highest BCUT2D eigenvalue weighted by Crippen LogP contribution is 2.34. The van der Waals surface area contributed by atoms with Gasteiger partial charge in [-0.1, -0.05) is 6.92 Å². The third-order valence-electron chi connectivity index (χ3n) is 3.19. The molecule has 0 aliphatic rings. The molecule has 0 aliphatic heterocycles. The van der Waals surface area contributed by atoms with Crippen molar-refractivity contribution in [3.63, 3.8) is 0 Å². The average molecular weight is 273 g/mol. The maximum Gasteiger partial charge on any atom is 0.224 e. The number of halogens is 1. The summed E-state index contributed by atoms with van der Waals surface area (Å²) in [6, 6.07) is 9.45. The highest BCUT2D eigenvalue weighted by Gasteiger charge is 2.18. The lowest BCUT2D eigenvalue weighted by Crippen LogP contribution is -2.08. The van der Waals surface area contributed by atoms with Gasteiger partial charge in [-0.3, -0.25) is 4.57 Å². The fourth-order valence-electron chi connectivity index (χ4n) is 1.96. The first-order valence-corrected chi connectivity index (χ1v) is 6.41. The Kier molecular flexibility index (Phi) is 3.94. The molecule has 2 N–H and O–H groups in total. The van der Waals surface area contributed by atoms with Crippen LogP contribution in [0.1, 0.15) is 32.0 Å². The Labute approximate surface area is 117 Å². The largest absolute Gasteiger partial charge is 0.439 e. The van der Waals surface area contributed by atoms with E-state index in [1.165, 1.54) is 24.3 Å². The molecule has 0 amide bonds. The van der Waals surface area contributed by atoms with E-state index in [1.54, 1.807) is 10.6 Å². The lowest BCUT2D eigenvalue weighted by molar-refractivity contribution is 0.397. The molecule has 1 heterocycles. The molecule has 0 radical (unpaired) electrons. The van der Waals surface area contributed by atoms with Gasteiger partial charge in [-0.25, -0.2) is 4.39 Å². The lowest BCUT2D eigenvalue weighted by Gasteiger charge is -2.17. The Bertz CT molecular complexity index is 640. The molecule has 2 aromatic rings. The first kappa shape index (κ1) is 13.9. The van der Waals surface area contributed by atoms with Crippen molar-refractivity contribution in [2.24, 2.45) is 0 Å². The molecular formula is C15H16FN3O. The van der Waals surface area contributed by atoms with Crippen LogP contribution in [0.2, 0.25) is 0 Å². The fraction of sp³-hybridized carbons (Fsp3) is 0.267. The van der Waals surface area contributed by atoms with E-state index in [2.05, 4.69) is 6.07 Å². The molecule has 0 fully saturated rings. The van der Waals surface area contributed by atoms with Crippen LogP contribution in [0.15, 0.2) is 30.3 Å². The molecule has 2 rings (SSSR count). The van der Waals surface area contributed by atoms with E-state index < -0.39 is 0 Å². The van der Waals surface area contributed by atoms with Crippen LogP contribution in [0.3, 0.4) is 0 Å². The molecule has 1 aromatic carbocycles. The predicted octanol–water partition coefficient (Wildman–Crippen LogP) is 3.84. The van der Waals surface area contributed by atoms with E-state index in [4.69, 9.17) is 10.5 Å². The maximum atomic E-state index is 12.9. The molecule has 0 saturated carbocycles. The van der Waals surface area contributed by atoms with E-state index in [0.29, 0.717) is 23.0 Å². The molecule has 4 nitrogen and oxygen atoms in total. The third-order valence-corrected chi connectivity index (χ3v) is 3.19. The smallest absolute Gasteiger partial charge is 0.224 e. The molecule has 1 atom stereocenters. The Hall–Kier alpha value is -2.48. The average Bonchev–Trinajstić information content (AvgIpc) is 2.77. The second-order valence-electron chi connectivity index (χ2n) is 4.59. The van der Waals surface area contributed by atoms with E-state index in [0.717, 1.165) is 6.42 Å². The summed E-state index contributed by atoms with van der Waals surface area (Å²) in [5, 5.41) is 9.17. The number of anilines is 1. The molecule has 0 bridgehead atoms. The number of benzene rings is 1. The number of nitriles is 1. The highest BCUT2D eigenvalue weighted by molar-refractivity contribution is 5.56. The van der Waals surface area contributed by atoms with Gasteiger partial charge in [0.15, 0.2) is 0 Å². The standard InChI is InChI=1S/C15H16FN3O/c1-3-10(2)19-12(9-17)8-14(18)15(19)20-13-6-4-11(16)5-7-13/h4-8,10H,3,18H2,1-2H3. The van der Waals surface area contributed by atoms with Crippen molar-refractivity contribution in [3.8, 4) is 17.7 Å². The molecule has 0 aliphatic carbocycles. The minimum Gasteiger partial charge on any atom is -0.439 e. The molecule has 5 heteroatoms. The molecular weight excluding hydrogens is 257 g/mol. The van der Waals surface area contributed by atoms with Crippen molar-refractivity contribution < 1.29 is 9.13 Å². The summed E-state index contributed by atoms with van der Waals surface area (Å²) in [5.41, 5.74) is 6.76. The van der Waals surface area contributed by atoms with Crippen molar-refractivity contribution in [2.45, 2.75) is 26.3 Å². The number of nitrogens with zero attached hydrogens (tertiary/aromatic N) is 2. The predicted molar refractivity (Wildman–Crippen MR) is 75.0 cm³/mol. The number of hydrogen-bond donors (Lipinski definition) is 1. The van der Waals surface area contributed by atoms with Crippen LogP contribution in [-0.4, -0.2) is 4.57 Å². The van der Waals surface area contributed by atoms with Crippen molar-refractivity contribution >= 4 is 5.69 Å². The summed E-state index contributed by atoms with van der Waals surface area (Å²) < 4.78 is 20.4. The van der Waals surface area contributed by atoms with Crippen LogP contribution in [0.5, 0.6) is 11.6 Å². The van der Waals surface area contributed by atoms with E-state index in [1.807, 2.05) is 13.8 Å². The molecule has 0 spiro atoms. The van der Waals surface area contributed by atoms with Crippen molar-refractivity contribution in [1.82, 2.24) is 4.57 Å². The Balaban J connectivity index is 2.43. The lowest BCUT2D eigenvalue weighted by atomic mass is 10.2. The summed E-state index contributed by atoms with van der Waals surface area (Å²) in [7, 11) is 0. The monoisotopic (exact) mass is 273 g/mol. The van der Waals surface area contributed by atoms with Crippen LogP contribution in [0.4, 0.5) is 10.1 Å². The second-order valence-corrected chi connectivity index (χ2v) is 4.59. The summed E-state index contributed by atoms with van der Waals surface area (Å²) in [6.07, 6.45) is 0.836. The number of ether oxygens (including phenoxy) is 1. The van der Waals surface area contributed by atoms with Gasteiger partial charge < -0.3 is 10.5 Å². The Morgan fingerprint density at radius 2 is 2.05 bits per heavy atom. The first-order chi connectivity index (χ1) is 9.56. The topological polar surface area (TPSA) is 64.0 Å². The van der Waals surface area contributed by atoms with Crippen molar-refractivity contribution in [2.75, 3.05) is 5.73 Å². The number of nitrogen functional groups attached to an aromatic ring is 1. The van der Waals surface area contributed by atoms with Gasteiger partial charge in [0.1, 0.15) is 23.3 Å². The van der Waals surface area contributed by atoms with Gasteiger partial charge in [0.2, 0.25) is 5.88 Å². The minimum absolute atomic E-state index is 0.0809. The van der Waals surface area contributed by atoms with E-state index >= 15 is 0 Å². The normalized spacial score (nSPS) is 11.9. The molecule has 104 valence electrons. The van der Waals surface area contributed by atoms with Gasteiger partial charge in [-0.2, -0.15) is 5.26 Å². The number of rotatable bonds is 4. The number of hydrogen-bond acceptors (Lipinski definition) is 3. The van der Waals surface area contributed by atoms with Crippen LogP contribution in [-0.2, 0) is 0 Å². The summed E-state index contributed by atoms with van der Waals surface area (Å²) in [4.78, 5) is 0. The number of nitrogens with two attached hydrogens (primary N) is 1. The van der Waals surface area contributed by atoms with Crippen LogP contribution >= 0.6 is 0 Å². The Morgan fingerprint density at radius 3 is 2.60 bits per heavy atom. The minimum atomic E-state index is -0.333. The zero-order chi connectivity index (χ0) is 14.7. The zero-order valence-electron chi connectivity index (χ0n) is 11.4. The fourth-order valence-corrected chi connectivity index (χ4v) is 1.96. The highest BCUT2D eigenvalue weighted by atomic mass is 19.1. The van der Waals surface area contributed by atoms with Crippen LogP contribution in [0, 0.1) is 17.1 Å². The SMILES string of the molecule is CCC(C)n1c(C#N)cc(N)c1Oc1ccc(F)cc1. The van der Waals surface area contributed by atoms with Gasteiger partial charge in [-0.05, 0) is 37.6 Å². The van der Waals surface area contributed by atoms with Crippen molar-refractivity contribution in [1.29, 1.82) is 5.26 Å². The van der Waals surface area contributed by atoms with Gasteiger partial charge in [-0.15, -0.1) is 0 Å².